The minimum absolute atomic E-state index is 0.262. The number of carboxylic acid groups (broad SMARTS) is 1. The summed E-state index contributed by atoms with van der Waals surface area (Å²) in [6.07, 6.45) is 1.69. The third-order valence-electron chi connectivity index (χ3n) is 2.91. The molecule has 0 radical (unpaired) electrons. The lowest BCUT2D eigenvalue weighted by atomic mass is 10.1. The summed E-state index contributed by atoms with van der Waals surface area (Å²) in [6.45, 7) is 1.91. The van der Waals surface area contributed by atoms with Gasteiger partial charge in [-0.3, -0.25) is 4.79 Å². The lowest BCUT2D eigenvalue weighted by molar-refractivity contribution is -0.139. The van der Waals surface area contributed by atoms with Crippen LogP contribution in [0.2, 0.25) is 0 Å². The van der Waals surface area contributed by atoms with Crippen LogP contribution in [0.3, 0.4) is 0 Å². The third-order valence-corrected chi connectivity index (χ3v) is 4.26. The highest BCUT2D eigenvalue weighted by Crippen LogP contribution is 2.09. The van der Waals surface area contributed by atoms with Crippen LogP contribution in [0.4, 0.5) is 0 Å². The summed E-state index contributed by atoms with van der Waals surface area (Å²) >= 11 is 0. The maximum atomic E-state index is 12.0. The third kappa shape index (κ3) is 5.94. The Labute approximate surface area is 124 Å². The zero-order valence-corrected chi connectivity index (χ0v) is 12.6. The monoisotopic (exact) mass is 310 g/mol. The molecule has 7 heteroatoms. The zero-order chi connectivity index (χ0) is 15.9. The predicted molar refractivity (Wildman–Crippen MR) is 77.9 cm³/mol. The summed E-state index contributed by atoms with van der Waals surface area (Å²) in [5.74, 6) is -1.49. The highest BCUT2D eigenvalue weighted by molar-refractivity contribution is 7.88. The number of nitrogens with zero attached hydrogens (tertiary/aromatic N) is 1. The van der Waals surface area contributed by atoms with Gasteiger partial charge in [0.05, 0.1) is 17.4 Å². The number of aliphatic carboxylic acids is 1. The second-order valence-corrected chi connectivity index (χ2v) is 6.47. The molecule has 1 atom stereocenters. The van der Waals surface area contributed by atoms with Gasteiger partial charge in [-0.15, -0.1) is 0 Å². The molecule has 0 aliphatic heterocycles. The van der Waals surface area contributed by atoms with Crippen LogP contribution in [0.25, 0.3) is 0 Å². The van der Waals surface area contributed by atoms with Gasteiger partial charge in [0, 0.05) is 0 Å². The van der Waals surface area contributed by atoms with Crippen molar-refractivity contribution >= 4 is 16.0 Å². The van der Waals surface area contributed by atoms with Crippen molar-refractivity contribution in [2.24, 2.45) is 0 Å². The number of nitriles is 1. The molecule has 0 aromatic heterocycles. The van der Waals surface area contributed by atoms with Crippen molar-refractivity contribution in [3.63, 3.8) is 0 Å². The molecule has 0 unspecified atom stereocenters. The molecular weight excluding hydrogens is 292 g/mol. The van der Waals surface area contributed by atoms with Crippen LogP contribution in [0, 0.1) is 11.3 Å². The Balaban J connectivity index is 2.75. The van der Waals surface area contributed by atoms with Gasteiger partial charge in [-0.05, 0) is 24.1 Å². The first kappa shape index (κ1) is 17.1. The Morgan fingerprint density at radius 3 is 2.48 bits per heavy atom. The van der Waals surface area contributed by atoms with Crippen molar-refractivity contribution < 1.29 is 18.3 Å². The summed E-state index contributed by atoms with van der Waals surface area (Å²) in [5, 5.41) is 17.7. The van der Waals surface area contributed by atoms with Gasteiger partial charge in [0.15, 0.2) is 0 Å². The van der Waals surface area contributed by atoms with E-state index in [-0.39, 0.29) is 12.2 Å². The Morgan fingerprint density at radius 1 is 1.38 bits per heavy atom. The summed E-state index contributed by atoms with van der Waals surface area (Å²) in [7, 11) is -3.74. The lowest BCUT2D eigenvalue weighted by Gasteiger charge is -2.14. The van der Waals surface area contributed by atoms with E-state index in [1.165, 1.54) is 12.1 Å². The van der Waals surface area contributed by atoms with Gasteiger partial charge in [0.2, 0.25) is 10.0 Å². The fourth-order valence-corrected chi connectivity index (χ4v) is 3.16. The Morgan fingerprint density at radius 2 is 2.00 bits per heavy atom. The number of hydrogen-bond donors (Lipinski definition) is 2. The Bertz CT molecular complexity index is 617. The number of nitrogens with one attached hydrogen (secondary N) is 1. The first-order valence-electron chi connectivity index (χ1n) is 6.60. The van der Waals surface area contributed by atoms with Crippen LogP contribution in [0.15, 0.2) is 24.3 Å². The molecule has 1 rings (SSSR count). The molecule has 0 aliphatic rings. The summed E-state index contributed by atoms with van der Waals surface area (Å²) in [4.78, 5) is 11.1. The van der Waals surface area contributed by atoms with Crippen molar-refractivity contribution in [1.29, 1.82) is 5.26 Å². The average Bonchev–Trinajstić information content (AvgIpc) is 2.43. The van der Waals surface area contributed by atoms with Crippen LogP contribution >= 0.6 is 0 Å². The molecule has 0 heterocycles. The largest absolute Gasteiger partial charge is 0.480 e. The molecule has 0 fully saturated rings. The van der Waals surface area contributed by atoms with Crippen LogP contribution in [-0.4, -0.2) is 25.5 Å². The SMILES string of the molecule is CCCC[C@H](NS(=O)(=O)Cc1ccc(C#N)cc1)C(=O)O. The normalized spacial score (nSPS) is 12.6. The van der Waals surface area contributed by atoms with E-state index < -0.39 is 22.0 Å². The number of carbonyl (C=O) groups is 1. The molecule has 2 N–H and O–H groups in total. The predicted octanol–water partition coefficient (Wildman–Crippen LogP) is 1.62. The van der Waals surface area contributed by atoms with E-state index in [0.29, 0.717) is 17.5 Å². The molecule has 6 nitrogen and oxygen atoms in total. The number of hydrogen-bond acceptors (Lipinski definition) is 4. The molecule has 0 saturated heterocycles. The van der Waals surface area contributed by atoms with Crippen molar-refractivity contribution in [3.05, 3.63) is 35.4 Å². The van der Waals surface area contributed by atoms with Crippen LogP contribution in [0.5, 0.6) is 0 Å². The second-order valence-electron chi connectivity index (χ2n) is 4.72. The quantitative estimate of drug-likeness (QED) is 0.758. The van der Waals surface area contributed by atoms with Crippen molar-refractivity contribution in [2.45, 2.75) is 38.0 Å². The van der Waals surface area contributed by atoms with Crippen molar-refractivity contribution in [1.82, 2.24) is 4.72 Å². The van der Waals surface area contributed by atoms with E-state index in [1.807, 2.05) is 13.0 Å². The van der Waals surface area contributed by atoms with Gasteiger partial charge in [-0.25, -0.2) is 13.1 Å². The van der Waals surface area contributed by atoms with Crippen LogP contribution < -0.4 is 4.72 Å². The molecule has 0 spiro atoms. The standard InChI is InChI=1S/C14H18N2O4S/c1-2-3-4-13(14(17)18)16-21(19,20)10-12-7-5-11(9-15)6-8-12/h5-8,13,16H,2-4,10H2,1H3,(H,17,18)/t13-/m0/s1. The zero-order valence-electron chi connectivity index (χ0n) is 11.7. The molecule has 1 aromatic carbocycles. The summed E-state index contributed by atoms with van der Waals surface area (Å²) in [6, 6.07) is 6.97. The molecular formula is C14H18N2O4S. The van der Waals surface area contributed by atoms with Crippen LogP contribution in [-0.2, 0) is 20.6 Å². The molecule has 0 bridgehead atoms. The summed E-state index contributed by atoms with van der Waals surface area (Å²) in [5.41, 5.74) is 0.941. The highest BCUT2D eigenvalue weighted by atomic mass is 32.2. The smallest absolute Gasteiger partial charge is 0.321 e. The second kappa shape index (κ2) is 7.76. The number of carboxylic acids is 1. The fraction of sp³-hybridized carbons (Fsp3) is 0.429. The fourth-order valence-electron chi connectivity index (χ4n) is 1.79. The van der Waals surface area contributed by atoms with Gasteiger partial charge in [-0.1, -0.05) is 31.9 Å². The number of sulfonamides is 1. The van der Waals surface area contributed by atoms with Gasteiger partial charge in [0.1, 0.15) is 6.04 Å². The minimum atomic E-state index is -3.74. The topological polar surface area (TPSA) is 107 Å². The van der Waals surface area contributed by atoms with Crippen LogP contribution in [0.1, 0.15) is 37.3 Å². The Kier molecular flexibility index (Phi) is 6.34. The van der Waals surface area contributed by atoms with Crippen molar-refractivity contribution in [2.75, 3.05) is 0 Å². The Hall–Kier alpha value is -1.91. The first-order valence-corrected chi connectivity index (χ1v) is 8.25. The molecule has 114 valence electrons. The minimum Gasteiger partial charge on any atom is -0.480 e. The van der Waals surface area contributed by atoms with Gasteiger partial charge < -0.3 is 5.11 Å². The van der Waals surface area contributed by atoms with E-state index in [1.54, 1.807) is 12.1 Å². The first-order chi connectivity index (χ1) is 9.88. The van der Waals surface area contributed by atoms with Crippen molar-refractivity contribution in [3.8, 4) is 6.07 Å². The van der Waals surface area contributed by atoms with Gasteiger partial charge >= 0.3 is 5.97 Å². The molecule has 0 amide bonds. The molecule has 0 saturated carbocycles. The number of benzene rings is 1. The lowest BCUT2D eigenvalue weighted by Crippen LogP contribution is -2.41. The van der Waals surface area contributed by atoms with E-state index in [9.17, 15) is 13.2 Å². The van der Waals surface area contributed by atoms with Gasteiger partial charge in [0.25, 0.3) is 0 Å². The molecule has 21 heavy (non-hydrogen) atoms. The van der Waals surface area contributed by atoms with E-state index in [0.717, 1.165) is 6.42 Å². The molecule has 1 aromatic rings. The van der Waals surface area contributed by atoms with E-state index in [2.05, 4.69) is 4.72 Å². The van der Waals surface area contributed by atoms with Gasteiger partial charge in [-0.2, -0.15) is 5.26 Å². The summed E-state index contributed by atoms with van der Waals surface area (Å²) < 4.78 is 26.2. The van der Waals surface area contributed by atoms with E-state index >= 15 is 0 Å². The maximum absolute atomic E-state index is 12.0. The van der Waals surface area contributed by atoms with E-state index in [4.69, 9.17) is 10.4 Å². The highest BCUT2D eigenvalue weighted by Gasteiger charge is 2.23. The average molecular weight is 310 g/mol. The number of unbranched alkanes of at least 4 members (excludes halogenated alkanes) is 1. The maximum Gasteiger partial charge on any atom is 0.321 e. The number of rotatable bonds is 8. The molecule has 0 aliphatic carbocycles.